The average Bonchev–Trinajstić information content (AvgIpc) is 3.26. The highest BCUT2D eigenvalue weighted by Gasteiger charge is 2.56. The fourth-order valence-electron chi connectivity index (χ4n) is 3.94. The number of aromatic nitrogens is 1. The lowest BCUT2D eigenvalue weighted by atomic mass is 10.1. The number of fused-ring (bicyclic) bond motifs is 2. The Kier molecular flexibility index (Phi) is 5.81. The Morgan fingerprint density at radius 2 is 1.87 bits per heavy atom. The predicted molar refractivity (Wildman–Crippen MR) is 111 cm³/mol. The predicted octanol–water partition coefficient (Wildman–Crippen LogP) is 4.78. The van der Waals surface area contributed by atoms with Crippen molar-refractivity contribution in [2.24, 2.45) is 0 Å². The maximum atomic E-state index is 11.7. The molecule has 7 nitrogen and oxygen atoms in total. The summed E-state index contributed by atoms with van der Waals surface area (Å²) >= 11 is 19.0. The Bertz CT molecular complexity index is 1020. The normalized spacial score (nSPS) is 27.4. The number of carbonyl (C=O) groups excluding carboxylic acids is 2. The molecular weight excluding hydrogens is 457 g/mol. The third kappa shape index (κ3) is 3.61. The molecule has 0 radical (unpaired) electrons. The first kappa shape index (κ1) is 21.9. The Morgan fingerprint density at radius 3 is 2.53 bits per heavy atom. The molecule has 0 unspecified atom stereocenters. The molecular formula is C20H20Cl3NO6. The van der Waals surface area contributed by atoms with Crippen molar-refractivity contribution in [3.63, 3.8) is 0 Å². The van der Waals surface area contributed by atoms with E-state index in [0.717, 1.165) is 0 Å². The summed E-state index contributed by atoms with van der Waals surface area (Å²) < 4.78 is 25.2. The average molecular weight is 477 g/mol. The van der Waals surface area contributed by atoms with Crippen LogP contribution in [0.2, 0.25) is 15.2 Å². The molecule has 0 aliphatic carbocycles. The Balaban J connectivity index is 1.78. The van der Waals surface area contributed by atoms with Crippen LogP contribution in [0, 0.1) is 0 Å². The van der Waals surface area contributed by atoms with Crippen LogP contribution in [0.4, 0.5) is 0 Å². The van der Waals surface area contributed by atoms with Crippen LogP contribution in [0.3, 0.4) is 0 Å². The summed E-state index contributed by atoms with van der Waals surface area (Å²) in [5, 5.41) is 1.33. The third-order valence-electron chi connectivity index (χ3n) is 5.22. The van der Waals surface area contributed by atoms with E-state index in [-0.39, 0.29) is 29.7 Å². The highest BCUT2D eigenvalue weighted by atomic mass is 35.5. The van der Waals surface area contributed by atoms with E-state index < -0.39 is 30.3 Å². The van der Waals surface area contributed by atoms with Crippen LogP contribution in [0.5, 0.6) is 0 Å². The lowest BCUT2D eigenvalue weighted by molar-refractivity contribution is -0.202. The first-order valence-corrected chi connectivity index (χ1v) is 10.6. The molecule has 1 aromatic carbocycles. The zero-order chi connectivity index (χ0) is 21.8. The van der Waals surface area contributed by atoms with E-state index in [2.05, 4.69) is 0 Å². The third-order valence-corrected chi connectivity index (χ3v) is 6.32. The largest absolute Gasteiger partial charge is 0.463 e. The van der Waals surface area contributed by atoms with Gasteiger partial charge in [0.25, 0.3) is 0 Å². The van der Waals surface area contributed by atoms with Gasteiger partial charge in [-0.05, 0) is 26.0 Å². The molecule has 2 saturated heterocycles. The molecule has 2 aromatic rings. The second-order valence-corrected chi connectivity index (χ2v) is 8.81. The molecule has 30 heavy (non-hydrogen) atoms. The molecule has 162 valence electrons. The van der Waals surface area contributed by atoms with Crippen molar-refractivity contribution in [2.45, 2.75) is 57.5 Å². The van der Waals surface area contributed by atoms with Gasteiger partial charge in [-0.25, -0.2) is 0 Å². The van der Waals surface area contributed by atoms with Gasteiger partial charge in [-0.2, -0.15) is 0 Å². The maximum Gasteiger partial charge on any atom is 0.305 e. The van der Waals surface area contributed by atoms with E-state index in [1.807, 2.05) is 0 Å². The summed E-state index contributed by atoms with van der Waals surface area (Å²) in [6.45, 7) is 5.30. The fraction of sp³-hybridized carbons (Fsp3) is 0.500. The van der Waals surface area contributed by atoms with Gasteiger partial charge in [0, 0.05) is 11.8 Å². The zero-order valence-electron chi connectivity index (χ0n) is 16.5. The monoisotopic (exact) mass is 475 g/mol. The summed E-state index contributed by atoms with van der Waals surface area (Å²) in [4.78, 5) is 23.4. The highest BCUT2D eigenvalue weighted by molar-refractivity contribution is 6.43. The number of rotatable bonds is 5. The zero-order valence-corrected chi connectivity index (χ0v) is 18.8. The van der Waals surface area contributed by atoms with Gasteiger partial charge in [-0.3, -0.25) is 9.59 Å². The Morgan fingerprint density at radius 1 is 1.20 bits per heavy atom. The Hall–Kier alpha value is -1.35. The van der Waals surface area contributed by atoms with Crippen molar-refractivity contribution in [1.82, 2.24) is 4.57 Å². The lowest BCUT2D eigenvalue weighted by Crippen LogP contribution is -2.33. The van der Waals surface area contributed by atoms with Crippen molar-refractivity contribution < 1.29 is 28.5 Å². The lowest BCUT2D eigenvalue weighted by Gasteiger charge is -2.25. The number of nitrogens with zero attached hydrogens (tertiary/aromatic N) is 1. The van der Waals surface area contributed by atoms with Crippen LogP contribution in [-0.2, 0) is 23.7 Å². The topological polar surface area (TPSA) is 76.0 Å². The van der Waals surface area contributed by atoms with Gasteiger partial charge in [-0.1, -0.05) is 41.7 Å². The molecule has 0 spiro atoms. The van der Waals surface area contributed by atoms with Crippen LogP contribution < -0.4 is 0 Å². The molecule has 4 rings (SSSR count). The molecule has 0 amide bonds. The van der Waals surface area contributed by atoms with E-state index in [1.54, 1.807) is 37.5 Å². The molecule has 0 bridgehead atoms. The minimum atomic E-state index is -0.867. The van der Waals surface area contributed by atoms with Crippen LogP contribution in [0.1, 0.15) is 43.8 Å². The minimum absolute atomic E-state index is 0.00766. The van der Waals surface area contributed by atoms with Crippen LogP contribution >= 0.6 is 34.8 Å². The molecule has 10 heteroatoms. The van der Waals surface area contributed by atoms with Crippen LogP contribution in [-0.4, -0.2) is 47.5 Å². The quantitative estimate of drug-likeness (QED) is 0.456. The first-order chi connectivity index (χ1) is 14.2. The standard InChI is InChI=1S/C20H20Cl3NO6/c1-4-15(26)27-8-14-16-17(30-20(2,3)29-16)19(28-14)24-13-6-12(22)11(21)5-9(13)10(7-25)18(24)23/h5-7,14,16-17,19H,4,8H2,1-3H3/t14-,16-,17-,19-/m1/s1. The molecule has 0 N–H and O–H groups in total. The van der Waals surface area contributed by atoms with E-state index in [0.29, 0.717) is 27.2 Å². The molecule has 2 aliphatic heterocycles. The summed E-state index contributed by atoms with van der Waals surface area (Å²) in [6.07, 6.45) is -1.44. The van der Waals surface area contributed by atoms with E-state index >= 15 is 0 Å². The molecule has 0 saturated carbocycles. The summed E-state index contributed by atoms with van der Waals surface area (Å²) in [6, 6.07) is 3.22. The van der Waals surface area contributed by atoms with Gasteiger partial charge >= 0.3 is 5.97 Å². The molecule has 3 heterocycles. The van der Waals surface area contributed by atoms with E-state index in [1.165, 1.54) is 0 Å². The van der Waals surface area contributed by atoms with Gasteiger partial charge in [0.05, 0.1) is 21.1 Å². The summed E-state index contributed by atoms with van der Waals surface area (Å²) in [5.41, 5.74) is 0.837. The summed E-state index contributed by atoms with van der Waals surface area (Å²) in [5.74, 6) is -1.21. The highest BCUT2D eigenvalue weighted by Crippen LogP contribution is 2.47. The number of benzene rings is 1. The van der Waals surface area contributed by atoms with E-state index in [4.69, 9.17) is 53.8 Å². The summed E-state index contributed by atoms with van der Waals surface area (Å²) in [7, 11) is 0. The van der Waals surface area contributed by atoms with Crippen molar-refractivity contribution in [2.75, 3.05) is 6.61 Å². The number of carbonyl (C=O) groups is 2. The van der Waals surface area contributed by atoms with Gasteiger partial charge in [0.15, 0.2) is 18.3 Å². The molecule has 2 aliphatic rings. The number of halogens is 3. The second kappa shape index (κ2) is 7.97. The number of ether oxygens (including phenoxy) is 4. The number of esters is 1. The number of aldehydes is 1. The van der Waals surface area contributed by atoms with Crippen molar-refractivity contribution in [3.05, 3.63) is 32.9 Å². The fourth-order valence-corrected chi connectivity index (χ4v) is 4.59. The minimum Gasteiger partial charge on any atom is -0.463 e. The smallest absolute Gasteiger partial charge is 0.305 e. The Labute approximate surface area is 188 Å². The van der Waals surface area contributed by atoms with Crippen LogP contribution in [0.25, 0.3) is 10.9 Å². The van der Waals surface area contributed by atoms with Gasteiger partial charge in [0.1, 0.15) is 30.1 Å². The number of hydrogen-bond donors (Lipinski definition) is 0. The SMILES string of the molecule is CCC(=O)OC[C@H]1O[C@@H](n2c(Cl)c(C=O)c3cc(Cl)c(Cl)cc32)[C@@H]2OC(C)(C)O[C@@H]21. The molecule has 4 atom stereocenters. The molecule has 1 aromatic heterocycles. The van der Waals surface area contributed by atoms with Crippen molar-refractivity contribution in [1.29, 1.82) is 0 Å². The first-order valence-electron chi connectivity index (χ1n) is 9.47. The molecule has 2 fully saturated rings. The van der Waals surface area contributed by atoms with Gasteiger partial charge in [-0.15, -0.1) is 0 Å². The van der Waals surface area contributed by atoms with Crippen molar-refractivity contribution in [3.8, 4) is 0 Å². The second-order valence-electron chi connectivity index (χ2n) is 7.64. The van der Waals surface area contributed by atoms with Gasteiger partial charge < -0.3 is 23.5 Å². The van der Waals surface area contributed by atoms with Crippen LogP contribution in [0.15, 0.2) is 12.1 Å². The van der Waals surface area contributed by atoms with Gasteiger partial charge in [0.2, 0.25) is 0 Å². The van der Waals surface area contributed by atoms with E-state index in [9.17, 15) is 9.59 Å². The maximum absolute atomic E-state index is 11.7. The van der Waals surface area contributed by atoms with Crippen molar-refractivity contribution >= 4 is 58.0 Å². The number of hydrogen-bond acceptors (Lipinski definition) is 6.